The largest absolute Gasteiger partial charge is 0.496 e. The fraction of sp³-hybridized carbons (Fsp3) is 0.462. The Morgan fingerprint density at radius 2 is 2.14 bits per heavy atom. The number of amides is 1. The number of nitrogens with zero attached hydrogens (tertiary/aromatic N) is 1. The van der Waals surface area contributed by atoms with Crippen LogP contribution in [0.25, 0.3) is 0 Å². The zero-order valence-corrected chi connectivity index (χ0v) is 12.2. The molecule has 1 fully saturated rings. The smallest absolute Gasteiger partial charge is 0.302 e. The fourth-order valence-corrected chi connectivity index (χ4v) is 3.24. The molecule has 0 radical (unpaired) electrons. The van der Waals surface area contributed by atoms with Gasteiger partial charge in [-0.05, 0) is 6.07 Å². The lowest BCUT2D eigenvalue weighted by atomic mass is 10.1. The van der Waals surface area contributed by atoms with Gasteiger partial charge in [0.1, 0.15) is 11.6 Å². The first-order valence-corrected chi connectivity index (χ1v) is 7.86. The van der Waals surface area contributed by atoms with Crippen LogP contribution in [0.1, 0.15) is 12.0 Å². The average Bonchev–Trinajstić information content (AvgIpc) is 2.69. The van der Waals surface area contributed by atoms with Gasteiger partial charge in [0.2, 0.25) is 5.91 Å². The monoisotopic (exact) mass is 319 g/mol. The highest BCUT2D eigenvalue weighted by atomic mass is 32.3. The van der Waals surface area contributed by atoms with Crippen LogP contribution in [0.4, 0.5) is 8.28 Å². The molecule has 21 heavy (non-hydrogen) atoms. The van der Waals surface area contributed by atoms with Gasteiger partial charge in [-0.1, -0.05) is 6.07 Å². The lowest BCUT2D eigenvalue weighted by Gasteiger charge is -2.18. The standard InChI is InChI=1S/C13H15F2NO4S/c1-20-12-5-11(14)3-2-10(12)7-16-6-9(4-13(16)17)8-21(15,18)19/h2-3,5,9H,4,6-8H2,1H3. The maximum absolute atomic E-state index is 13.1. The van der Waals surface area contributed by atoms with E-state index in [1.807, 2.05) is 0 Å². The quantitative estimate of drug-likeness (QED) is 0.771. The van der Waals surface area contributed by atoms with Crippen molar-refractivity contribution in [1.82, 2.24) is 4.90 Å². The van der Waals surface area contributed by atoms with E-state index in [4.69, 9.17) is 4.74 Å². The fourth-order valence-electron chi connectivity index (χ4n) is 2.45. The topological polar surface area (TPSA) is 63.7 Å². The second-order valence-electron chi connectivity index (χ2n) is 5.01. The maximum Gasteiger partial charge on any atom is 0.302 e. The Bertz CT molecular complexity index is 648. The summed E-state index contributed by atoms with van der Waals surface area (Å²) >= 11 is 0. The zero-order valence-electron chi connectivity index (χ0n) is 11.4. The van der Waals surface area contributed by atoms with Crippen molar-refractivity contribution in [2.24, 2.45) is 5.92 Å². The van der Waals surface area contributed by atoms with E-state index in [9.17, 15) is 21.5 Å². The Balaban J connectivity index is 2.09. The number of rotatable bonds is 5. The number of carbonyl (C=O) groups is 1. The van der Waals surface area contributed by atoms with Crippen LogP contribution in [-0.4, -0.2) is 38.6 Å². The van der Waals surface area contributed by atoms with Gasteiger partial charge in [-0.15, -0.1) is 3.89 Å². The van der Waals surface area contributed by atoms with Gasteiger partial charge >= 0.3 is 10.2 Å². The summed E-state index contributed by atoms with van der Waals surface area (Å²) in [7, 11) is -3.21. The van der Waals surface area contributed by atoms with Gasteiger partial charge in [-0.3, -0.25) is 4.79 Å². The maximum atomic E-state index is 13.1. The molecule has 0 bridgehead atoms. The number of hydrogen-bond acceptors (Lipinski definition) is 4. The van der Waals surface area contributed by atoms with Gasteiger partial charge in [0.15, 0.2) is 0 Å². The molecule has 1 amide bonds. The van der Waals surface area contributed by atoms with Crippen molar-refractivity contribution in [2.75, 3.05) is 19.4 Å². The molecule has 1 aliphatic heterocycles. The summed E-state index contributed by atoms with van der Waals surface area (Å²) < 4.78 is 52.1. The number of methoxy groups -OCH3 is 1. The van der Waals surface area contributed by atoms with Crippen LogP contribution >= 0.6 is 0 Å². The third kappa shape index (κ3) is 4.13. The summed E-state index contributed by atoms with van der Waals surface area (Å²) in [5, 5.41) is 0. The lowest BCUT2D eigenvalue weighted by Crippen LogP contribution is -2.25. The number of likely N-dealkylation sites (tertiary alicyclic amines) is 1. The summed E-state index contributed by atoms with van der Waals surface area (Å²) in [6, 6.07) is 3.96. The predicted molar refractivity (Wildman–Crippen MR) is 71.4 cm³/mol. The van der Waals surface area contributed by atoms with E-state index in [1.165, 1.54) is 30.2 Å². The Hall–Kier alpha value is -1.70. The molecule has 5 nitrogen and oxygen atoms in total. The molecule has 1 atom stereocenters. The van der Waals surface area contributed by atoms with Crippen molar-refractivity contribution >= 4 is 16.1 Å². The number of halogens is 2. The Morgan fingerprint density at radius 1 is 1.43 bits per heavy atom. The molecule has 116 valence electrons. The molecular weight excluding hydrogens is 304 g/mol. The summed E-state index contributed by atoms with van der Waals surface area (Å²) in [4.78, 5) is 13.3. The normalized spacial score (nSPS) is 19.1. The minimum absolute atomic E-state index is 0.00728. The number of hydrogen-bond donors (Lipinski definition) is 0. The molecule has 8 heteroatoms. The van der Waals surface area contributed by atoms with Crippen LogP contribution < -0.4 is 4.74 Å². The van der Waals surface area contributed by atoms with Crippen molar-refractivity contribution in [3.8, 4) is 5.75 Å². The van der Waals surface area contributed by atoms with Crippen molar-refractivity contribution in [1.29, 1.82) is 0 Å². The molecule has 1 aliphatic rings. The average molecular weight is 319 g/mol. The van der Waals surface area contributed by atoms with E-state index in [0.29, 0.717) is 11.3 Å². The van der Waals surface area contributed by atoms with E-state index in [1.54, 1.807) is 0 Å². The molecular formula is C13H15F2NO4S. The highest BCUT2D eigenvalue weighted by Gasteiger charge is 2.33. The van der Waals surface area contributed by atoms with Gasteiger partial charge in [-0.25, -0.2) is 4.39 Å². The summed E-state index contributed by atoms with van der Waals surface area (Å²) in [6.07, 6.45) is -0.00728. The molecule has 0 spiro atoms. The lowest BCUT2D eigenvalue weighted by molar-refractivity contribution is -0.128. The van der Waals surface area contributed by atoms with Crippen LogP contribution in [0, 0.1) is 11.7 Å². The van der Waals surface area contributed by atoms with E-state index in [2.05, 4.69) is 0 Å². The van der Waals surface area contributed by atoms with E-state index in [0.717, 1.165) is 0 Å². The number of benzene rings is 1. The van der Waals surface area contributed by atoms with Gasteiger partial charge in [0, 0.05) is 37.1 Å². The van der Waals surface area contributed by atoms with E-state index >= 15 is 0 Å². The third-order valence-electron chi connectivity index (χ3n) is 3.34. The van der Waals surface area contributed by atoms with Crippen molar-refractivity contribution < 1.29 is 26.2 Å². The Kier molecular flexibility index (Phi) is 4.46. The van der Waals surface area contributed by atoms with Gasteiger partial charge in [-0.2, -0.15) is 8.42 Å². The highest BCUT2D eigenvalue weighted by Crippen LogP contribution is 2.26. The van der Waals surface area contributed by atoms with E-state index < -0.39 is 27.7 Å². The predicted octanol–water partition coefficient (Wildman–Crippen LogP) is 1.48. The minimum atomic E-state index is -4.60. The van der Waals surface area contributed by atoms with Crippen LogP contribution in [0.2, 0.25) is 0 Å². The molecule has 2 rings (SSSR count). The first-order valence-electron chi connectivity index (χ1n) is 6.31. The van der Waals surface area contributed by atoms with Gasteiger partial charge in [0.25, 0.3) is 0 Å². The molecule has 0 aromatic heterocycles. The number of carbonyl (C=O) groups excluding carboxylic acids is 1. The van der Waals surface area contributed by atoms with Crippen molar-refractivity contribution in [3.05, 3.63) is 29.6 Å². The third-order valence-corrected chi connectivity index (χ3v) is 4.21. The molecule has 1 heterocycles. The van der Waals surface area contributed by atoms with Crippen LogP contribution in [-0.2, 0) is 21.6 Å². The molecule has 0 saturated carbocycles. The molecule has 1 unspecified atom stereocenters. The first-order chi connectivity index (χ1) is 9.78. The molecule has 1 aromatic rings. The Morgan fingerprint density at radius 3 is 2.76 bits per heavy atom. The van der Waals surface area contributed by atoms with Crippen LogP contribution in [0.15, 0.2) is 18.2 Å². The summed E-state index contributed by atoms with van der Waals surface area (Å²) in [6.45, 7) is 0.327. The second kappa shape index (κ2) is 5.97. The zero-order chi connectivity index (χ0) is 15.6. The van der Waals surface area contributed by atoms with Gasteiger partial charge < -0.3 is 9.64 Å². The Labute approximate surface area is 121 Å². The van der Waals surface area contributed by atoms with Crippen molar-refractivity contribution in [2.45, 2.75) is 13.0 Å². The minimum Gasteiger partial charge on any atom is -0.496 e. The molecule has 0 aliphatic carbocycles. The van der Waals surface area contributed by atoms with E-state index in [-0.39, 0.29) is 25.4 Å². The molecule has 1 aromatic carbocycles. The van der Waals surface area contributed by atoms with Crippen LogP contribution in [0.5, 0.6) is 5.75 Å². The second-order valence-corrected chi connectivity index (χ2v) is 6.42. The molecule has 0 N–H and O–H groups in total. The number of ether oxygens (including phenoxy) is 1. The van der Waals surface area contributed by atoms with Crippen LogP contribution in [0.3, 0.4) is 0 Å². The summed E-state index contributed by atoms with van der Waals surface area (Å²) in [5.74, 6) is -1.61. The first kappa shape index (κ1) is 15.7. The SMILES string of the molecule is COc1cc(F)ccc1CN1CC(CS(=O)(=O)F)CC1=O. The highest BCUT2D eigenvalue weighted by molar-refractivity contribution is 7.86. The molecule has 1 saturated heterocycles. The van der Waals surface area contributed by atoms with Gasteiger partial charge in [0.05, 0.1) is 12.9 Å². The van der Waals surface area contributed by atoms with Crippen molar-refractivity contribution in [3.63, 3.8) is 0 Å². The summed E-state index contributed by atoms with van der Waals surface area (Å²) in [5.41, 5.74) is 0.607.